The number of ether oxygens (including phenoxy) is 2. The molecule has 6 aromatic rings. The molecular weight excluding hydrogens is 558 g/mol. The fourth-order valence-corrected chi connectivity index (χ4v) is 5.25. The summed E-state index contributed by atoms with van der Waals surface area (Å²) in [5.41, 5.74) is 7.19. The van der Waals surface area contributed by atoms with E-state index in [0.29, 0.717) is 46.6 Å². The molecule has 1 N–H and O–H groups in total. The molecule has 1 amide bonds. The average molecular weight is 586 g/mol. The molecule has 0 atom stereocenters. The lowest BCUT2D eigenvalue weighted by Crippen LogP contribution is -2.18. The van der Waals surface area contributed by atoms with Gasteiger partial charge in [0.15, 0.2) is 11.5 Å². The van der Waals surface area contributed by atoms with E-state index in [4.69, 9.17) is 26.1 Å². The van der Waals surface area contributed by atoms with Crippen LogP contribution in [0.5, 0.6) is 11.5 Å². The fourth-order valence-electron chi connectivity index (χ4n) is 4.98. The molecule has 0 unspecified atom stereocenters. The van der Waals surface area contributed by atoms with Gasteiger partial charge in [-0.3, -0.25) is 4.79 Å². The molecule has 7 heteroatoms. The molecule has 0 radical (unpaired) electrons. The maximum atomic E-state index is 13.3. The van der Waals surface area contributed by atoms with E-state index in [9.17, 15) is 4.79 Å². The van der Waals surface area contributed by atoms with Gasteiger partial charge in [0.1, 0.15) is 6.61 Å². The summed E-state index contributed by atoms with van der Waals surface area (Å²) in [5, 5.41) is 7.61. The number of aromatic nitrogens is 1. The second kappa shape index (κ2) is 12.8. The lowest BCUT2D eigenvalue weighted by molar-refractivity contribution is 0.0956. The van der Waals surface area contributed by atoms with Crippen molar-refractivity contribution >= 4 is 45.4 Å². The number of benzene rings is 5. The van der Waals surface area contributed by atoms with Crippen LogP contribution >= 0.6 is 11.6 Å². The number of rotatable bonds is 9. The van der Waals surface area contributed by atoms with Crippen LogP contribution in [-0.4, -0.2) is 23.7 Å². The van der Waals surface area contributed by atoms with Crippen molar-refractivity contribution in [3.63, 3.8) is 0 Å². The lowest BCUT2D eigenvalue weighted by Gasteiger charge is -2.15. The van der Waals surface area contributed by atoms with Gasteiger partial charge in [-0.2, -0.15) is 5.10 Å². The summed E-state index contributed by atoms with van der Waals surface area (Å²) in [5.74, 6) is 0.600. The summed E-state index contributed by atoms with van der Waals surface area (Å²) >= 11 is 6.67. The van der Waals surface area contributed by atoms with E-state index in [-0.39, 0.29) is 5.91 Å². The van der Waals surface area contributed by atoms with Gasteiger partial charge >= 0.3 is 0 Å². The largest absolute Gasteiger partial charge is 0.490 e. The molecule has 6 rings (SSSR count). The summed E-state index contributed by atoms with van der Waals surface area (Å²) < 4.78 is 12.1. The van der Waals surface area contributed by atoms with Gasteiger partial charge in [-0.05, 0) is 53.1 Å². The van der Waals surface area contributed by atoms with Crippen LogP contribution < -0.4 is 14.9 Å². The van der Waals surface area contributed by atoms with Gasteiger partial charge in [-0.1, -0.05) is 103 Å². The number of carbonyl (C=O) groups is 1. The van der Waals surface area contributed by atoms with Crippen LogP contribution in [0.25, 0.3) is 32.9 Å². The van der Waals surface area contributed by atoms with Gasteiger partial charge < -0.3 is 9.47 Å². The molecule has 1 aromatic heterocycles. The molecule has 0 bridgehead atoms. The van der Waals surface area contributed by atoms with Gasteiger partial charge in [0.25, 0.3) is 5.91 Å². The first-order valence-corrected chi connectivity index (χ1v) is 14.3. The maximum Gasteiger partial charge on any atom is 0.272 e. The quantitative estimate of drug-likeness (QED) is 0.136. The van der Waals surface area contributed by atoms with Crippen LogP contribution in [0.4, 0.5) is 0 Å². The number of para-hydroxylation sites is 1. The van der Waals surface area contributed by atoms with Crippen molar-refractivity contribution in [3.05, 3.63) is 137 Å². The smallest absolute Gasteiger partial charge is 0.272 e. The van der Waals surface area contributed by atoms with Crippen molar-refractivity contribution in [3.8, 4) is 22.8 Å². The summed E-state index contributed by atoms with van der Waals surface area (Å²) in [6.07, 6.45) is 1.53. The minimum atomic E-state index is -0.349. The third-order valence-corrected chi connectivity index (χ3v) is 7.27. The van der Waals surface area contributed by atoms with Crippen molar-refractivity contribution < 1.29 is 14.3 Å². The maximum absolute atomic E-state index is 13.3. The Morgan fingerprint density at radius 2 is 1.60 bits per heavy atom. The number of hydrogen-bond donors (Lipinski definition) is 1. The van der Waals surface area contributed by atoms with Crippen LogP contribution in [0.2, 0.25) is 5.02 Å². The molecule has 1 heterocycles. The average Bonchev–Trinajstić information content (AvgIpc) is 3.04. The Balaban J connectivity index is 1.22. The second-order valence-corrected chi connectivity index (χ2v) is 10.2. The van der Waals surface area contributed by atoms with Gasteiger partial charge in [0.05, 0.1) is 34.6 Å². The predicted molar refractivity (Wildman–Crippen MR) is 173 cm³/mol. The van der Waals surface area contributed by atoms with Crippen molar-refractivity contribution in [2.75, 3.05) is 6.61 Å². The van der Waals surface area contributed by atoms with Crippen LogP contribution in [0.1, 0.15) is 28.4 Å². The normalized spacial score (nSPS) is 11.2. The van der Waals surface area contributed by atoms with E-state index < -0.39 is 0 Å². The highest BCUT2D eigenvalue weighted by Crippen LogP contribution is 2.37. The molecule has 0 saturated heterocycles. The first-order chi connectivity index (χ1) is 21.1. The number of halogens is 1. The third kappa shape index (κ3) is 6.20. The molecule has 43 heavy (non-hydrogen) atoms. The first-order valence-electron chi connectivity index (χ1n) is 13.9. The van der Waals surface area contributed by atoms with Gasteiger partial charge in [-0.25, -0.2) is 10.4 Å². The number of nitrogens with one attached hydrogen (secondary N) is 1. The number of nitrogens with zero attached hydrogens (tertiary/aromatic N) is 2. The molecular formula is C36H28ClN3O3. The number of pyridine rings is 1. The Bertz CT molecular complexity index is 1950. The number of fused-ring (bicyclic) bond motifs is 2. The topological polar surface area (TPSA) is 72.8 Å². The zero-order chi connectivity index (χ0) is 29.6. The summed E-state index contributed by atoms with van der Waals surface area (Å²) in [6.45, 7) is 2.65. The zero-order valence-electron chi connectivity index (χ0n) is 23.5. The highest BCUT2D eigenvalue weighted by atomic mass is 35.5. The monoisotopic (exact) mass is 585 g/mol. The molecule has 5 aromatic carbocycles. The number of hydrazone groups is 1. The minimum Gasteiger partial charge on any atom is -0.490 e. The van der Waals surface area contributed by atoms with E-state index in [0.717, 1.165) is 32.8 Å². The first kappa shape index (κ1) is 27.9. The summed E-state index contributed by atoms with van der Waals surface area (Å²) in [7, 11) is 0. The highest BCUT2D eigenvalue weighted by molar-refractivity contribution is 6.32. The molecule has 6 nitrogen and oxygen atoms in total. The third-order valence-electron chi connectivity index (χ3n) is 6.99. The van der Waals surface area contributed by atoms with Crippen molar-refractivity contribution in [2.45, 2.75) is 13.5 Å². The van der Waals surface area contributed by atoms with E-state index in [1.54, 1.807) is 18.2 Å². The van der Waals surface area contributed by atoms with Crippen LogP contribution in [0.15, 0.2) is 120 Å². The fraction of sp³-hybridized carbons (Fsp3) is 0.0833. The Labute approximate surface area is 254 Å². The van der Waals surface area contributed by atoms with Crippen LogP contribution in [-0.2, 0) is 6.61 Å². The number of amides is 1. The molecule has 0 fully saturated rings. The van der Waals surface area contributed by atoms with Gasteiger partial charge in [0.2, 0.25) is 0 Å². The van der Waals surface area contributed by atoms with E-state index >= 15 is 0 Å². The van der Waals surface area contributed by atoms with Crippen molar-refractivity contribution in [1.82, 2.24) is 10.4 Å². The molecule has 0 aliphatic heterocycles. The molecule has 0 spiro atoms. The molecule has 0 aliphatic rings. The Kier molecular flexibility index (Phi) is 8.29. The van der Waals surface area contributed by atoms with E-state index in [1.165, 1.54) is 6.21 Å². The summed E-state index contributed by atoms with van der Waals surface area (Å²) in [6, 6.07) is 36.9. The van der Waals surface area contributed by atoms with E-state index in [1.807, 2.05) is 85.8 Å². The Morgan fingerprint density at radius 1 is 0.860 bits per heavy atom. The lowest BCUT2D eigenvalue weighted by atomic mass is 10.0. The summed E-state index contributed by atoms with van der Waals surface area (Å²) in [4.78, 5) is 18.1. The van der Waals surface area contributed by atoms with Crippen LogP contribution in [0.3, 0.4) is 0 Å². The second-order valence-electron chi connectivity index (χ2n) is 9.83. The predicted octanol–water partition coefficient (Wildman–Crippen LogP) is 8.45. The molecule has 0 saturated carbocycles. The standard InChI is InChI=1S/C36H28ClN3O3/c1-2-42-34-20-24(19-31(37)35(34)43-23-27-15-10-14-25-11-6-7-16-28(25)27)22-38-40-36(41)30-21-33(26-12-4-3-5-13-26)39-32-18-9-8-17-29(30)32/h3-22H,2,23H2,1H3,(H,40,41)/b38-22+. The zero-order valence-corrected chi connectivity index (χ0v) is 24.2. The number of hydrogen-bond acceptors (Lipinski definition) is 5. The molecule has 0 aliphatic carbocycles. The van der Waals surface area contributed by atoms with Crippen molar-refractivity contribution in [2.24, 2.45) is 5.10 Å². The van der Waals surface area contributed by atoms with Gasteiger partial charge in [-0.15, -0.1) is 0 Å². The SMILES string of the molecule is CCOc1cc(/C=N/NC(=O)c2cc(-c3ccccc3)nc3ccccc23)cc(Cl)c1OCc1cccc2ccccc12. The van der Waals surface area contributed by atoms with Gasteiger partial charge in [0, 0.05) is 10.9 Å². The Morgan fingerprint density at radius 3 is 2.44 bits per heavy atom. The molecule has 212 valence electrons. The highest BCUT2D eigenvalue weighted by Gasteiger charge is 2.15. The Hall–Kier alpha value is -5.20. The van der Waals surface area contributed by atoms with Crippen molar-refractivity contribution in [1.29, 1.82) is 0 Å². The van der Waals surface area contributed by atoms with Crippen LogP contribution in [0, 0.1) is 0 Å². The van der Waals surface area contributed by atoms with E-state index in [2.05, 4.69) is 28.7 Å². The number of carbonyl (C=O) groups excluding carboxylic acids is 1. The minimum absolute atomic E-state index is 0.329.